The number of para-hydroxylation sites is 2. The Morgan fingerprint density at radius 1 is 1.00 bits per heavy atom. The smallest absolute Gasteiger partial charge is 0.266 e. The zero-order valence-electron chi connectivity index (χ0n) is 15.1. The van der Waals surface area contributed by atoms with Crippen LogP contribution in [0, 0.1) is 6.92 Å². The van der Waals surface area contributed by atoms with Gasteiger partial charge in [-0.25, -0.2) is 4.98 Å². The zero-order chi connectivity index (χ0) is 19.7. The lowest BCUT2D eigenvalue weighted by Gasteiger charge is -2.14. The summed E-state index contributed by atoms with van der Waals surface area (Å²) >= 11 is 3.43. The quantitative estimate of drug-likeness (QED) is 0.475. The van der Waals surface area contributed by atoms with Crippen LogP contribution in [0.15, 0.2) is 76.0 Å². The van der Waals surface area contributed by atoms with Crippen LogP contribution in [0.25, 0.3) is 28.7 Å². The van der Waals surface area contributed by atoms with Crippen molar-refractivity contribution in [2.75, 3.05) is 0 Å². The second kappa shape index (κ2) is 7.44. The van der Waals surface area contributed by atoms with Gasteiger partial charge in [0, 0.05) is 10.0 Å². The van der Waals surface area contributed by atoms with Gasteiger partial charge < -0.3 is 5.11 Å². The minimum atomic E-state index is -0.141. The van der Waals surface area contributed by atoms with E-state index in [1.165, 1.54) is 0 Å². The molecule has 138 valence electrons. The van der Waals surface area contributed by atoms with Gasteiger partial charge in [-0.05, 0) is 55.0 Å². The second-order valence-corrected chi connectivity index (χ2v) is 7.37. The highest BCUT2D eigenvalue weighted by Crippen LogP contribution is 2.22. The van der Waals surface area contributed by atoms with E-state index in [9.17, 15) is 9.90 Å². The number of benzene rings is 3. The van der Waals surface area contributed by atoms with Crippen LogP contribution in [0.5, 0.6) is 5.75 Å². The van der Waals surface area contributed by atoms with Gasteiger partial charge in [0.15, 0.2) is 0 Å². The molecule has 0 bridgehead atoms. The third-order valence-corrected chi connectivity index (χ3v) is 5.05. The topological polar surface area (TPSA) is 55.1 Å². The minimum absolute atomic E-state index is 0.141. The Balaban J connectivity index is 2.00. The number of fused-ring (bicyclic) bond motifs is 1. The number of hydrogen-bond acceptors (Lipinski definition) is 3. The maximum Gasteiger partial charge on any atom is 0.266 e. The van der Waals surface area contributed by atoms with Crippen LogP contribution < -0.4 is 5.56 Å². The predicted octanol–water partition coefficient (Wildman–Crippen LogP) is 5.33. The molecule has 28 heavy (non-hydrogen) atoms. The SMILES string of the molecule is Cc1ccccc1-n1c(C=Cc2ccccc2O)nc2ccc(Br)cc2c1=O. The standard InChI is InChI=1S/C23H17BrN2O2/c1-15-6-2-4-8-20(15)26-22(13-10-16-7-3-5-9-21(16)27)25-19-12-11-17(24)14-18(19)23(26)28/h2-14,27H,1H3. The highest BCUT2D eigenvalue weighted by Gasteiger charge is 2.13. The predicted molar refractivity (Wildman–Crippen MR) is 117 cm³/mol. The van der Waals surface area contributed by atoms with E-state index in [4.69, 9.17) is 4.98 Å². The summed E-state index contributed by atoms with van der Waals surface area (Å²) < 4.78 is 2.44. The van der Waals surface area contributed by atoms with Gasteiger partial charge in [-0.2, -0.15) is 0 Å². The van der Waals surface area contributed by atoms with Gasteiger partial charge in [0.25, 0.3) is 5.56 Å². The lowest BCUT2D eigenvalue weighted by Crippen LogP contribution is -2.23. The van der Waals surface area contributed by atoms with Gasteiger partial charge in [0.2, 0.25) is 0 Å². The summed E-state index contributed by atoms with van der Waals surface area (Å²) in [6.45, 7) is 1.96. The maximum absolute atomic E-state index is 13.4. The summed E-state index contributed by atoms with van der Waals surface area (Å²) in [5.41, 5.74) is 2.88. The number of halogens is 1. The van der Waals surface area contributed by atoms with E-state index >= 15 is 0 Å². The molecule has 1 aromatic heterocycles. The normalized spacial score (nSPS) is 11.4. The third kappa shape index (κ3) is 3.37. The van der Waals surface area contributed by atoms with E-state index in [-0.39, 0.29) is 11.3 Å². The fourth-order valence-electron chi connectivity index (χ4n) is 3.13. The number of rotatable bonds is 3. The summed E-state index contributed by atoms with van der Waals surface area (Å²) in [7, 11) is 0. The molecule has 0 saturated heterocycles. The fraction of sp³-hybridized carbons (Fsp3) is 0.0435. The first kappa shape index (κ1) is 18.2. The molecule has 0 atom stereocenters. The Kier molecular flexibility index (Phi) is 4.84. The van der Waals surface area contributed by atoms with Crippen LogP contribution in [0.3, 0.4) is 0 Å². The average Bonchev–Trinajstić information content (AvgIpc) is 2.69. The first-order valence-electron chi connectivity index (χ1n) is 8.79. The molecule has 0 aliphatic heterocycles. The Hall–Kier alpha value is -3.18. The van der Waals surface area contributed by atoms with Gasteiger partial charge in [-0.15, -0.1) is 0 Å². The molecule has 4 nitrogen and oxygen atoms in total. The molecular formula is C23H17BrN2O2. The second-order valence-electron chi connectivity index (χ2n) is 6.45. The average molecular weight is 433 g/mol. The van der Waals surface area contributed by atoms with Crippen molar-refractivity contribution in [1.29, 1.82) is 0 Å². The summed E-state index contributed by atoms with van der Waals surface area (Å²) in [4.78, 5) is 18.1. The highest BCUT2D eigenvalue weighted by molar-refractivity contribution is 9.10. The largest absolute Gasteiger partial charge is 0.507 e. The molecule has 0 amide bonds. The molecule has 0 radical (unpaired) electrons. The Bertz CT molecular complexity index is 1280. The number of phenolic OH excluding ortho intramolecular Hbond substituents is 1. The minimum Gasteiger partial charge on any atom is -0.507 e. The number of aryl methyl sites for hydroxylation is 1. The molecule has 0 aliphatic rings. The first-order valence-corrected chi connectivity index (χ1v) is 9.58. The molecular weight excluding hydrogens is 416 g/mol. The Morgan fingerprint density at radius 2 is 1.75 bits per heavy atom. The van der Waals surface area contributed by atoms with Crippen LogP contribution in [0.4, 0.5) is 0 Å². The summed E-state index contributed by atoms with van der Waals surface area (Å²) in [6, 6.07) is 20.2. The monoisotopic (exact) mass is 432 g/mol. The van der Waals surface area contributed by atoms with E-state index < -0.39 is 0 Å². The summed E-state index contributed by atoms with van der Waals surface area (Å²) in [6.07, 6.45) is 3.51. The van der Waals surface area contributed by atoms with Crippen LogP contribution >= 0.6 is 15.9 Å². The van der Waals surface area contributed by atoms with Crippen LogP contribution in [-0.2, 0) is 0 Å². The van der Waals surface area contributed by atoms with Crippen molar-refractivity contribution in [3.8, 4) is 11.4 Å². The van der Waals surface area contributed by atoms with E-state index in [0.717, 1.165) is 15.7 Å². The van der Waals surface area contributed by atoms with E-state index in [1.807, 2.05) is 49.4 Å². The number of nitrogens with zero attached hydrogens (tertiary/aromatic N) is 2. The maximum atomic E-state index is 13.4. The molecule has 1 N–H and O–H groups in total. The van der Waals surface area contributed by atoms with E-state index in [2.05, 4.69) is 15.9 Å². The van der Waals surface area contributed by atoms with Crippen LogP contribution in [0.1, 0.15) is 17.0 Å². The summed E-state index contributed by atoms with van der Waals surface area (Å²) in [5.74, 6) is 0.672. The number of phenols is 1. The Morgan fingerprint density at radius 3 is 2.54 bits per heavy atom. The van der Waals surface area contributed by atoms with Gasteiger partial charge in [0.1, 0.15) is 11.6 Å². The van der Waals surface area contributed by atoms with Crippen molar-refractivity contribution >= 4 is 39.0 Å². The Labute approximate surface area is 170 Å². The zero-order valence-corrected chi connectivity index (χ0v) is 16.7. The highest BCUT2D eigenvalue weighted by atomic mass is 79.9. The van der Waals surface area contributed by atoms with Gasteiger partial charge in [-0.1, -0.05) is 52.3 Å². The molecule has 4 aromatic rings. The molecule has 0 aliphatic carbocycles. The fourth-order valence-corrected chi connectivity index (χ4v) is 3.49. The molecule has 0 saturated carbocycles. The van der Waals surface area contributed by atoms with Crippen molar-refractivity contribution in [3.05, 3.63) is 98.5 Å². The van der Waals surface area contributed by atoms with Crippen LogP contribution in [0.2, 0.25) is 0 Å². The molecule has 1 heterocycles. The molecule has 5 heteroatoms. The molecule has 3 aromatic carbocycles. The number of hydrogen-bond donors (Lipinski definition) is 1. The summed E-state index contributed by atoms with van der Waals surface area (Å²) in [5, 5.41) is 10.6. The van der Waals surface area contributed by atoms with Gasteiger partial charge in [0.05, 0.1) is 16.6 Å². The first-order chi connectivity index (χ1) is 13.5. The van der Waals surface area contributed by atoms with Crippen molar-refractivity contribution in [2.45, 2.75) is 6.92 Å². The van der Waals surface area contributed by atoms with Crippen molar-refractivity contribution in [2.24, 2.45) is 0 Å². The number of aromatic hydroxyl groups is 1. The third-order valence-electron chi connectivity index (χ3n) is 4.56. The lowest BCUT2D eigenvalue weighted by atomic mass is 10.1. The van der Waals surface area contributed by atoms with E-state index in [0.29, 0.717) is 22.3 Å². The van der Waals surface area contributed by atoms with E-state index in [1.54, 1.807) is 41.0 Å². The van der Waals surface area contributed by atoms with Gasteiger partial charge in [-0.3, -0.25) is 9.36 Å². The lowest BCUT2D eigenvalue weighted by molar-refractivity contribution is 0.474. The van der Waals surface area contributed by atoms with Crippen molar-refractivity contribution in [3.63, 3.8) is 0 Å². The number of aromatic nitrogens is 2. The molecule has 4 rings (SSSR count). The van der Waals surface area contributed by atoms with Crippen molar-refractivity contribution < 1.29 is 5.11 Å². The molecule has 0 fully saturated rings. The van der Waals surface area contributed by atoms with Crippen molar-refractivity contribution in [1.82, 2.24) is 9.55 Å². The van der Waals surface area contributed by atoms with Crippen LogP contribution in [-0.4, -0.2) is 14.7 Å². The van der Waals surface area contributed by atoms with Gasteiger partial charge >= 0.3 is 0 Å². The molecule has 0 unspecified atom stereocenters. The molecule has 0 spiro atoms.